The van der Waals surface area contributed by atoms with E-state index in [1.54, 1.807) is 6.92 Å². The molecule has 116 valence electrons. The monoisotopic (exact) mass is 371 g/mol. The second-order valence-electron chi connectivity index (χ2n) is 4.77. The quantitative estimate of drug-likeness (QED) is 0.692. The van der Waals surface area contributed by atoms with Crippen molar-refractivity contribution in [2.75, 3.05) is 11.9 Å². The van der Waals surface area contributed by atoms with Crippen LogP contribution in [0, 0.1) is 0 Å². The van der Waals surface area contributed by atoms with Crippen molar-refractivity contribution in [3.63, 3.8) is 0 Å². The number of benzene rings is 2. The summed E-state index contributed by atoms with van der Waals surface area (Å²) in [5.41, 5.74) is 2.33. The van der Waals surface area contributed by atoms with Crippen molar-refractivity contribution >= 4 is 44.4 Å². The van der Waals surface area contributed by atoms with Crippen LogP contribution < -0.4 is 5.32 Å². The molecule has 0 atom stereocenters. The van der Waals surface area contributed by atoms with E-state index in [1.807, 2.05) is 48.5 Å². The van der Waals surface area contributed by atoms with Crippen LogP contribution in [0.1, 0.15) is 17.4 Å². The Hall–Kier alpha value is -2.47. The van der Waals surface area contributed by atoms with E-state index < -0.39 is 5.97 Å². The molecule has 0 aliphatic rings. The van der Waals surface area contributed by atoms with Gasteiger partial charge in [-0.3, -0.25) is 0 Å². The minimum Gasteiger partial charge on any atom is -0.461 e. The first-order valence-electron chi connectivity index (χ1n) is 7.14. The molecule has 1 heterocycles. The van der Waals surface area contributed by atoms with Crippen LogP contribution in [-0.4, -0.2) is 22.5 Å². The van der Waals surface area contributed by atoms with E-state index in [0.29, 0.717) is 16.9 Å². The second-order valence-corrected chi connectivity index (χ2v) is 5.68. The molecule has 2 aromatic carbocycles. The lowest BCUT2D eigenvalue weighted by atomic mass is 10.2. The summed E-state index contributed by atoms with van der Waals surface area (Å²) in [7, 11) is 0. The molecule has 1 N–H and O–H groups in total. The van der Waals surface area contributed by atoms with Gasteiger partial charge in [-0.05, 0) is 37.3 Å². The summed E-state index contributed by atoms with van der Waals surface area (Å²) in [5, 5.41) is 3.14. The number of hydrogen-bond acceptors (Lipinski definition) is 5. The Morgan fingerprint density at radius 3 is 2.57 bits per heavy atom. The van der Waals surface area contributed by atoms with Gasteiger partial charge in [0.15, 0.2) is 11.5 Å². The van der Waals surface area contributed by atoms with Gasteiger partial charge in [-0.1, -0.05) is 34.1 Å². The van der Waals surface area contributed by atoms with Crippen LogP contribution in [0.2, 0.25) is 0 Å². The van der Waals surface area contributed by atoms with Crippen LogP contribution >= 0.6 is 15.9 Å². The van der Waals surface area contributed by atoms with E-state index in [9.17, 15) is 4.79 Å². The average Bonchev–Trinajstić information content (AvgIpc) is 2.54. The zero-order chi connectivity index (χ0) is 16.2. The Labute approximate surface area is 141 Å². The van der Waals surface area contributed by atoms with Crippen LogP contribution in [0.3, 0.4) is 0 Å². The van der Waals surface area contributed by atoms with Crippen LogP contribution in [0.4, 0.5) is 11.5 Å². The predicted octanol–water partition coefficient (Wildman–Crippen LogP) is 4.31. The number of aromatic nitrogens is 2. The zero-order valence-electron chi connectivity index (χ0n) is 12.4. The summed E-state index contributed by atoms with van der Waals surface area (Å²) in [5.74, 6) is -0.122. The zero-order valence-corrected chi connectivity index (χ0v) is 14.0. The largest absolute Gasteiger partial charge is 0.461 e. The second kappa shape index (κ2) is 6.75. The lowest BCUT2D eigenvalue weighted by molar-refractivity contribution is 0.0521. The number of carbonyl (C=O) groups is 1. The van der Waals surface area contributed by atoms with Gasteiger partial charge < -0.3 is 10.1 Å². The minimum absolute atomic E-state index is 0.172. The number of nitrogens with zero attached hydrogens (tertiary/aromatic N) is 2. The van der Waals surface area contributed by atoms with Gasteiger partial charge in [0.1, 0.15) is 0 Å². The summed E-state index contributed by atoms with van der Waals surface area (Å²) in [6.45, 7) is 2.04. The summed E-state index contributed by atoms with van der Waals surface area (Å²) in [6, 6.07) is 15.0. The van der Waals surface area contributed by atoms with E-state index >= 15 is 0 Å². The minimum atomic E-state index is -0.497. The molecule has 0 spiro atoms. The summed E-state index contributed by atoms with van der Waals surface area (Å²) >= 11 is 3.42. The van der Waals surface area contributed by atoms with E-state index in [4.69, 9.17) is 4.74 Å². The normalized spacial score (nSPS) is 10.5. The van der Waals surface area contributed by atoms with Crippen LogP contribution in [-0.2, 0) is 4.74 Å². The van der Waals surface area contributed by atoms with E-state index in [0.717, 1.165) is 10.2 Å². The average molecular weight is 372 g/mol. The van der Waals surface area contributed by atoms with E-state index in [-0.39, 0.29) is 12.3 Å². The first-order chi connectivity index (χ1) is 11.2. The molecule has 0 radical (unpaired) electrons. The molecule has 5 nitrogen and oxygen atoms in total. The van der Waals surface area contributed by atoms with Gasteiger partial charge in [-0.25, -0.2) is 14.8 Å². The molecule has 1 aromatic heterocycles. The number of esters is 1. The fourth-order valence-corrected chi connectivity index (χ4v) is 2.53. The van der Waals surface area contributed by atoms with Gasteiger partial charge in [0.25, 0.3) is 0 Å². The summed E-state index contributed by atoms with van der Waals surface area (Å²) in [6.07, 6.45) is 0. The lowest BCUT2D eigenvalue weighted by Gasteiger charge is -2.11. The molecule has 23 heavy (non-hydrogen) atoms. The molecule has 0 unspecified atom stereocenters. The molecule has 0 aliphatic carbocycles. The molecular formula is C17H14BrN3O2. The highest BCUT2D eigenvalue weighted by atomic mass is 79.9. The number of halogens is 1. The molecule has 6 heteroatoms. The third-order valence-corrected chi connectivity index (χ3v) is 3.62. The number of anilines is 2. The predicted molar refractivity (Wildman–Crippen MR) is 92.9 cm³/mol. The number of ether oxygens (including phenoxy) is 1. The van der Waals surface area contributed by atoms with Gasteiger partial charge in [-0.15, -0.1) is 0 Å². The summed E-state index contributed by atoms with van der Waals surface area (Å²) < 4.78 is 6.01. The number of para-hydroxylation sites is 2. The highest BCUT2D eigenvalue weighted by Gasteiger charge is 2.18. The van der Waals surface area contributed by atoms with Gasteiger partial charge in [-0.2, -0.15) is 0 Å². The first kappa shape index (κ1) is 15.4. The fraction of sp³-hybridized carbons (Fsp3) is 0.118. The third-order valence-electron chi connectivity index (χ3n) is 3.13. The van der Waals surface area contributed by atoms with Crippen LogP contribution in [0.25, 0.3) is 11.0 Å². The molecule has 3 aromatic rings. The van der Waals surface area contributed by atoms with Crippen molar-refractivity contribution in [3.05, 3.63) is 58.7 Å². The molecule has 0 saturated carbocycles. The molecule has 0 fully saturated rings. The SMILES string of the molecule is CCOC(=O)c1nc2ccccc2nc1Nc1cccc(Br)c1. The van der Waals surface area contributed by atoms with Crippen molar-refractivity contribution in [3.8, 4) is 0 Å². The number of fused-ring (bicyclic) bond motifs is 1. The van der Waals surface area contributed by atoms with Gasteiger partial charge in [0.05, 0.1) is 17.6 Å². The van der Waals surface area contributed by atoms with Crippen molar-refractivity contribution < 1.29 is 9.53 Å². The fourth-order valence-electron chi connectivity index (χ4n) is 2.13. The van der Waals surface area contributed by atoms with Crippen molar-refractivity contribution in [1.29, 1.82) is 0 Å². The maximum Gasteiger partial charge on any atom is 0.360 e. The lowest BCUT2D eigenvalue weighted by Crippen LogP contribution is -2.12. The molecule has 0 aliphatic heterocycles. The maximum atomic E-state index is 12.2. The van der Waals surface area contributed by atoms with Crippen molar-refractivity contribution in [2.45, 2.75) is 6.92 Å². The Kier molecular flexibility index (Phi) is 4.52. The standard InChI is InChI=1S/C17H14BrN3O2/c1-2-23-17(22)15-16(19-12-7-5-6-11(18)10-12)21-14-9-4-3-8-13(14)20-15/h3-10H,2H2,1H3,(H,19,21). The molecule has 0 saturated heterocycles. The van der Waals surface area contributed by atoms with Crippen LogP contribution in [0.15, 0.2) is 53.0 Å². The number of nitrogens with one attached hydrogen (secondary N) is 1. The summed E-state index contributed by atoms with van der Waals surface area (Å²) in [4.78, 5) is 21.1. The Balaban J connectivity index is 2.08. The van der Waals surface area contributed by atoms with E-state index in [1.165, 1.54) is 0 Å². The van der Waals surface area contributed by atoms with E-state index in [2.05, 4.69) is 31.2 Å². The Morgan fingerprint density at radius 2 is 1.87 bits per heavy atom. The number of carbonyl (C=O) groups excluding carboxylic acids is 1. The highest BCUT2D eigenvalue weighted by Crippen LogP contribution is 2.23. The Bertz CT molecular complexity index is 867. The Morgan fingerprint density at radius 1 is 1.13 bits per heavy atom. The topological polar surface area (TPSA) is 64.1 Å². The molecule has 0 bridgehead atoms. The smallest absolute Gasteiger partial charge is 0.360 e. The van der Waals surface area contributed by atoms with Crippen molar-refractivity contribution in [2.24, 2.45) is 0 Å². The first-order valence-corrected chi connectivity index (χ1v) is 7.93. The van der Waals surface area contributed by atoms with Gasteiger partial charge >= 0.3 is 5.97 Å². The molecule has 0 amide bonds. The van der Waals surface area contributed by atoms with Crippen molar-refractivity contribution in [1.82, 2.24) is 9.97 Å². The van der Waals surface area contributed by atoms with Crippen LogP contribution in [0.5, 0.6) is 0 Å². The number of rotatable bonds is 4. The maximum absolute atomic E-state index is 12.2. The number of hydrogen-bond donors (Lipinski definition) is 1. The van der Waals surface area contributed by atoms with Gasteiger partial charge in [0.2, 0.25) is 0 Å². The third kappa shape index (κ3) is 3.48. The van der Waals surface area contributed by atoms with Gasteiger partial charge in [0, 0.05) is 10.2 Å². The molecular weight excluding hydrogens is 358 g/mol. The highest BCUT2D eigenvalue weighted by molar-refractivity contribution is 9.10. The molecule has 3 rings (SSSR count).